The maximum Gasteiger partial charge on any atom is 0.436 e. The minimum atomic E-state index is -4.55. The molecule has 1 aromatic heterocycles. The number of ether oxygens (including phenoxy) is 1. The molecule has 0 aliphatic carbocycles. The van der Waals surface area contributed by atoms with Crippen LogP contribution in [0.5, 0.6) is 0 Å². The third-order valence-electron chi connectivity index (χ3n) is 4.10. The number of alkyl halides is 3. The van der Waals surface area contributed by atoms with Gasteiger partial charge in [0.15, 0.2) is 5.69 Å². The lowest BCUT2D eigenvalue weighted by Crippen LogP contribution is -2.50. The topological polar surface area (TPSA) is 67.7 Å². The Balaban J connectivity index is 1.89. The number of carbonyl (C=O) groups excluding carboxylic acids is 2. The smallest absolute Gasteiger partial charge is 0.436 e. The zero-order valence-electron chi connectivity index (χ0n) is 14.5. The first kappa shape index (κ1) is 20.5. The number of halogens is 4. The van der Waals surface area contributed by atoms with Crippen LogP contribution in [0.15, 0.2) is 4.47 Å². The van der Waals surface area contributed by atoms with Crippen LogP contribution in [0.1, 0.15) is 24.7 Å². The van der Waals surface area contributed by atoms with Gasteiger partial charge in [-0.1, -0.05) is 0 Å². The zero-order chi connectivity index (χ0) is 19.5. The van der Waals surface area contributed by atoms with Crippen molar-refractivity contribution in [2.45, 2.75) is 33.0 Å². The van der Waals surface area contributed by atoms with Crippen LogP contribution < -0.4 is 0 Å². The quantitative estimate of drug-likeness (QED) is 0.721. The fraction of sp³-hybridized carbons (Fsp3) is 0.667. The Hall–Kier alpha value is -1.78. The lowest BCUT2D eigenvalue weighted by molar-refractivity contribution is -0.142. The molecule has 1 aliphatic heterocycles. The first-order valence-electron chi connectivity index (χ1n) is 8.14. The summed E-state index contributed by atoms with van der Waals surface area (Å²) in [5.74, 6) is -0.187. The highest BCUT2D eigenvalue weighted by Crippen LogP contribution is 2.35. The van der Waals surface area contributed by atoms with Crippen molar-refractivity contribution in [1.29, 1.82) is 0 Å². The van der Waals surface area contributed by atoms with Crippen molar-refractivity contribution in [3.8, 4) is 0 Å². The predicted molar refractivity (Wildman–Crippen MR) is 89.5 cm³/mol. The summed E-state index contributed by atoms with van der Waals surface area (Å²) in [7, 11) is 0. The van der Waals surface area contributed by atoms with Gasteiger partial charge in [-0.05, 0) is 29.8 Å². The largest absolute Gasteiger partial charge is 0.450 e. The standard InChI is InChI=1S/C15H20BrF3N4O3/c1-3-26-14(25)22-8-6-21(7-9-22)11(24)4-5-23-10(2)12(16)13(20-23)15(17,18)19/h3-9H2,1-2H3. The molecular formula is C15H20BrF3N4O3. The lowest BCUT2D eigenvalue weighted by Gasteiger charge is -2.34. The average Bonchev–Trinajstić information content (AvgIpc) is 2.88. The van der Waals surface area contributed by atoms with Gasteiger partial charge in [0.1, 0.15) is 0 Å². The maximum absolute atomic E-state index is 12.9. The zero-order valence-corrected chi connectivity index (χ0v) is 16.1. The number of aromatic nitrogens is 2. The number of hydrogen-bond donors (Lipinski definition) is 0. The van der Waals surface area contributed by atoms with E-state index in [0.717, 1.165) is 0 Å². The summed E-state index contributed by atoms with van der Waals surface area (Å²) in [6.07, 6.45) is -4.93. The minimum absolute atomic E-state index is 0.0334. The number of carbonyl (C=O) groups is 2. The third-order valence-corrected chi connectivity index (χ3v) is 5.05. The summed E-state index contributed by atoms with van der Waals surface area (Å²) in [5, 5.41) is 3.56. The first-order valence-corrected chi connectivity index (χ1v) is 8.94. The number of rotatable bonds is 4. The molecule has 2 heterocycles. The van der Waals surface area contributed by atoms with Crippen molar-refractivity contribution in [1.82, 2.24) is 19.6 Å². The Labute approximate surface area is 157 Å². The van der Waals surface area contributed by atoms with Gasteiger partial charge in [-0.2, -0.15) is 18.3 Å². The van der Waals surface area contributed by atoms with Crippen molar-refractivity contribution in [2.75, 3.05) is 32.8 Å². The molecule has 2 amide bonds. The van der Waals surface area contributed by atoms with Crippen LogP contribution in [0.3, 0.4) is 0 Å². The Morgan fingerprint density at radius 2 is 1.77 bits per heavy atom. The molecule has 7 nitrogen and oxygen atoms in total. The first-order chi connectivity index (χ1) is 12.1. The molecule has 0 atom stereocenters. The Morgan fingerprint density at radius 3 is 2.27 bits per heavy atom. The van der Waals surface area contributed by atoms with Gasteiger partial charge in [0.05, 0.1) is 23.3 Å². The average molecular weight is 441 g/mol. The van der Waals surface area contributed by atoms with E-state index < -0.39 is 18.0 Å². The van der Waals surface area contributed by atoms with Crippen molar-refractivity contribution in [2.24, 2.45) is 0 Å². The summed E-state index contributed by atoms with van der Waals surface area (Å²) >= 11 is 2.91. The number of amides is 2. The maximum atomic E-state index is 12.9. The normalized spacial score (nSPS) is 15.3. The van der Waals surface area contributed by atoms with E-state index in [2.05, 4.69) is 21.0 Å². The Bertz CT molecular complexity index is 670. The van der Waals surface area contributed by atoms with E-state index in [1.165, 1.54) is 16.5 Å². The molecule has 0 unspecified atom stereocenters. The van der Waals surface area contributed by atoms with Crippen molar-refractivity contribution < 1.29 is 27.5 Å². The van der Waals surface area contributed by atoms with Gasteiger partial charge in [0.2, 0.25) is 5.91 Å². The fourth-order valence-electron chi connectivity index (χ4n) is 2.64. The van der Waals surface area contributed by atoms with Crippen molar-refractivity contribution in [3.05, 3.63) is 15.9 Å². The Kier molecular flexibility index (Phi) is 6.53. The summed E-state index contributed by atoms with van der Waals surface area (Å²) in [6, 6.07) is 0. The Morgan fingerprint density at radius 1 is 1.19 bits per heavy atom. The van der Waals surface area contributed by atoms with Gasteiger partial charge in [0.25, 0.3) is 0 Å². The minimum Gasteiger partial charge on any atom is -0.450 e. The SMILES string of the molecule is CCOC(=O)N1CCN(C(=O)CCn2nc(C(F)(F)F)c(Br)c2C)CC1. The second-order valence-corrected chi connectivity index (χ2v) is 6.58. The summed E-state index contributed by atoms with van der Waals surface area (Å²) in [4.78, 5) is 27.0. The third kappa shape index (κ3) is 4.68. The van der Waals surface area contributed by atoms with Gasteiger partial charge >= 0.3 is 12.3 Å². The number of hydrogen-bond acceptors (Lipinski definition) is 4. The monoisotopic (exact) mass is 440 g/mol. The van der Waals surface area contributed by atoms with Crippen LogP contribution in [0.25, 0.3) is 0 Å². The summed E-state index contributed by atoms with van der Waals surface area (Å²) in [5.41, 5.74) is -0.678. The highest BCUT2D eigenvalue weighted by molar-refractivity contribution is 9.10. The van der Waals surface area contributed by atoms with Gasteiger partial charge < -0.3 is 14.5 Å². The molecule has 11 heteroatoms. The molecule has 1 aliphatic rings. The van der Waals surface area contributed by atoms with E-state index in [1.807, 2.05) is 0 Å². The molecule has 0 aromatic carbocycles. The van der Waals surface area contributed by atoms with E-state index in [-0.39, 0.29) is 30.0 Å². The van der Waals surface area contributed by atoms with Crippen LogP contribution in [0, 0.1) is 6.92 Å². The molecule has 1 aromatic rings. The molecule has 1 saturated heterocycles. The van der Waals surface area contributed by atoms with Crippen LogP contribution in [-0.2, 0) is 22.3 Å². The van der Waals surface area contributed by atoms with Gasteiger partial charge in [-0.15, -0.1) is 0 Å². The molecule has 0 spiro atoms. The van der Waals surface area contributed by atoms with E-state index in [0.29, 0.717) is 31.9 Å². The van der Waals surface area contributed by atoms with Crippen molar-refractivity contribution in [3.63, 3.8) is 0 Å². The fourth-order valence-corrected chi connectivity index (χ4v) is 3.14. The molecule has 0 N–H and O–H groups in total. The van der Waals surface area contributed by atoms with E-state index in [9.17, 15) is 22.8 Å². The van der Waals surface area contributed by atoms with E-state index in [4.69, 9.17) is 4.74 Å². The molecule has 0 radical (unpaired) electrons. The van der Waals surface area contributed by atoms with Crippen molar-refractivity contribution >= 4 is 27.9 Å². The van der Waals surface area contributed by atoms with Gasteiger partial charge in [-0.3, -0.25) is 9.48 Å². The van der Waals surface area contributed by atoms with E-state index >= 15 is 0 Å². The molecular weight excluding hydrogens is 421 g/mol. The van der Waals surface area contributed by atoms with E-state index in [1.54, 1.807) is 11.8 Å². The van der Waals surface area contributed by atoms with Gasteiger partial charge in [-0.25, -0.2) is 4.79 Å². The van der Waals surface area contributed by atoms with Crippen LogP contribution in [-0.4, -0.2) is 64.4 Å². The number of nitrogens with zero attached hydrogens (tertiary/aromatic N) is 4. The molecule has 1 fully saturated rings. The molecule has 0 bridgehead atoms. The number of piperazine rings is 1. The van der Waals surface area contributed by atoms with Gasteiger partial charge in [0, 0.05) is 32.6 Å². The molecule has 2 rings (SSSR count). The molecule has 146 valence electrons. The highest BCUT2D eigenvalue weighted by atomic mass is 79.9. The van der Waals surface area contributed by atoms with Crippen LogP contribution >= 0.6 is 15.9 Å². The molecule has 0 saturated carbocycles. The summed E-state index contributed by atoms with van der Waals surface area (Å²) < 4.78 is 44.6. The predicted octanol–water partition coefficient (Wildman–Crippen LogP) is 2.66. The second kappa shape index (κ2) is 8.28. The second-order valence-electron chi connectivity index (χ2n) is 5.79. The van der Waals surface area contributed by atoms with Crippen LogP contribution in [0.2, 0.25) is 0 Å². The number of aryl methyl sites for hydroxylation is 1. The highest BCUT2D eigenvalue weighted by Gasteiger charge is 2.38. The molecule has 26 heavy (non-hydrogen) atoms. The lowest BCUT2D eigenvalue weighted by atomic mass is 10.3. The van der Waals surface area contributed by atoms with Crippen LogP contribution in [0.4, 0.5) is 18.0 Å². The summed E-state index contributed by atoms with van der Waals surface area (Å²) in [6.45, 7) is 5.05.